The summed E-state index contributed by atoms with van der Waals surface area (Å²) < 4.78 is 6.99. The first-order chi connectivity index (χ1) is 11.9. The number of nitrogens with zero attached hydrogens (tertiary/aromatic N) is 1. The molecule has 0 fully saturated rings. The third kappa shape index (κ3) is 3.00. The summed E-state index contributed by atoms with van der Waals surface area (Å²) in [6, 6.07) is 6.69. The third-order valence-electron chi connectivity index (χ3n) is 4.12. The summed E-state index contributed by atoms with van der Waals surface area (Å²) >= 11 is 0. The first kappa shape index (κ1) is 16.8. The van der Waals surface area contributed by atoms with Crippen molar-refractivity contribution in [3.63, 3.8) is 0 Å². The van der Waals surface area contributed by atoms with E-state index in [-0.39, 0.29) is 28.7 Å². The molecular weight excluding hydrogens is 322 g/mol. The van der Waals surface area contributed by atoms with Crippen molar-refractivity contribution < 1.29 is 4.42 Å². The second kappa shape index (κ2) is 6.43. The molecule has 0 aliphatic heterocycles. The Morgan fingerprint density at radius 3 is 2.48 bits per heavy atom. The number of aryl methyl sites for hydroxylation is 2. The van der Waals surface area contributed by atoms with Gasteiger partial charge in [0.1, 0.15) is 28.6 Å². The molecule has 7 nitrogen and oxygen atoms in total. The van der Waals surface area contributed by atoms with E-state index in [1.165, 1.54) is 4.57 Å². The van der Waals surface area contributed by atoms with Crippen LogP contribution in [0.2, 0.25) is 0 Å². The Morgan fingerprint density at radius 2 is 1.84 bits per heavy atom. The maximum atomic E-state index is 12.1. The van der Waals surface area contributed by atoms with Crippen molar-refractivity contribution >= 4 is 17.1 Å². The zero-order valence-electron chi connectivity index (χ0n) is 14.3. The number of rotatable bonds is 6. The Bertz CT molecular complexity index is 1040. The Kier molecular flexibility index (Phi) is 4.31. The van der Waals surface area contributed by atoms with Gasteiger partial charge < -0.3 is 19.6 Å². The monoisotopic (exact) mass is 341 g/mol. The number of hydrogen-bond acceptors (Lipinski definition) is 6. The fraction of sp³-hybridized carbons (Fsp3) is 0.278. The molecule has 2 heterocycles. The molecule has 0 spiro atoms. The maximum Gasteiger partial charge on any atom is 0.273 e. The Morgan fingerprint density at radius 1 is 1.12 bits per heavy atom. The molecule has 2 N–H and O–H groups in total. The van der Waals surface area contributed by atoms with Gasteiger partial charge in [0.05, 0.1) is 6.04 Å². The molecule has 130 valence electrons. The summed E-state index contributed by atoms with van der Waals surface area (Å²) in [7, 11) is 1.61. The van der Waals surface area contributed by atoms with E-state index in [1.54, 1.807) is 25.4 Å². The van der Waals surface area contributed by atoms with Crippen LogP contribution in [0.25, 0.3) is 0 Å². The molecule has 0 unspecified atom stereocenters. The number of pyridine rings is 1. The summed E-state index contributed by atoms with van der Waals surface area (Å²) in [5.41, 5.74) is -1.00. The topological polar surface area (TPSA) is 93.3 Å². The number of anilines is 3. The molecule has 0 aliphatic rings. The highest BCUT2D eigenvalue weighted by Gasteiger charge is 2.25. The predicted molar refractivity (Wildman–Crippen MR) is 96.4 cm³/mol. The molecule has 2 aromatic heterocycles. The Hall–Kier alpha value is -3.09. The third-order valence-corrected chi connectivity index (χ3v) is 4.12. The molecule has 0 radical (unpaired) electrons. The van der Waals surface area contributed by atoms with Crippen molar-refractivity contribution in [1.29, 1.82) is 0 Å². The van der Waals surface area contributed by atoms with Gasteiger partial charge in [0.2, 0.25) is 0 Å². The van der Waals surface area contributed by atoms with Crippen LogP contribution in [0.5, 0.6) is 0 Å². The lowest BCUT2D eigenvalue weighted by Crippen LogP contribution is -2.38. The van der Waals surface area contributed by atoms with Gasteiger partial charge in [-0.15, -0.1) is 0 Å². The molecule has 0 saturated heterocycles. The summed E-state index contributed by atoms with van der Waals surface area (Å²) in [6.45, 7) is 3.78. The molecule has 0 bridgehead atoms. The largest absolute Gasteiger partial charge is 0.464 e. The molecule has 0 amide bonds. The SMILES string of the molecule is CC[C@@H](Nc1c(Nc2cccn(C)c2=O)c(=O)c1=O)c1ccc(C)o1. The van der Waals surface area contributed by atoms with Crippen LogP contribution in [0.4, 0.5) is 17.1 Å². The zero-order chi connectivity index (χ0) is 18.1. The Labute approximate surface area is 143 Å². The molecule has 1 atom stereocenters. The second-order valence-corrected chi connectivity index (χ2v) is 5.92. The van der Waals surface area contributed by atoms with E-state index < -0.39 is 10.9 Å². The molecule has 0 saturated carbocycles. The number of nitrogens with one attached hydrogen (secondary N) is 2. The molecule has 3 aromatic rings. The van der Waals surface area contributed by atoms with Crippen LogP contribution < -0.4 is 27.1 Å². The summed E-state index contributed by atoms with van der Waals surface area (Å²) in [4.78, 5) is 36.0. The average molecular weight is 341 g/mol. The highest BCUT2D eigenvalue weighted by atomic mass is 16.3. The molecule has 3 rings (SSSR count). The van der Waals surface area contributed by atoms with E-state index in [0.717, 1.165) is 5.76 Å². The van der Waals surface area contributed by atoms with Crippen LogP contribution in [0.15, 0.2) is 49.3 Å². The van der Waals surface area contributed by atoms with Crippen molar-refractivity contribution in [3.05, 3.63) is 72.8 Å². The van der Waals surface area contributed by atoms with E-state index in [1.807, 2.05) is 26.0 Å². The molecule has 7 heteroatoms. The van der Waals surface area contributed by atoms with Gasteiger partial charge in [-0.05, 0) is 37.6 Å². The lowest BCUT2D eigenvalue weighted by Gasteiger charge is -2.20. The van der Waals surface area contributed by atoms with Crippen LogP contribution in [-0.2, 0) is 7.05 Å². The molecule has 0 aliphatic carbocycles. The van der Waals surface area contributed by atoms with Crippen molar-refractivity contribution in [2.75, 3.05) is 10.6 Å². The quantitative estimate of drug-likeness (QED) is 0.668. The van der Waals surface area contributed by atoms with Crippen LogP contribution in [-0.4, -0.2) is 4.57 Å². The predicted octanol–water partition coefficient (Wildman–Crippen LogP) is 2.19. The first-order valence-corrected chi connectivity index (χ1v) is 8.01. The molecule has 25 heavy (non-hydrogen) atoms. The van der Waals surface area contributed by atoms with Crippen molar-refractivity contribution in [3.8, 4) is 0 Å². The van der Waals surface area contributed by atoms with Crippen molar-refractivity contribution in [1.82, 2.24) is 4.57 Å². The average Bonchev–Trinajstić information content (AvgIpc) is 3.03. The van der Waals surface area contributed by atoms with E-state index in [9.17, 15) is 14.4 Å². The van der Waals surface area contributed by atoms with Crippen LogP contribution >= 0.6 is 0 Å². The minimum atomic E-state index is -0.640. The van der Waals surface area contributed by atoms with Gasteiger partial charge in [0, 0.05) is 13.2 Å². The molecular formula is C18H19N3O4. The maximum absolute atomic E-state index is 12.1. The van der Waals surface area contributed by atoms with Crippen LogP contribution in [0.3, 0.4) is 0 Å². The van der Waals surface area contributed by atoms with Crippen LogP contribution in [0.1, 0.15) is 30.9 Å². The fourth-order valence-corrected chi connectivity index (χ4v) is 2.67. The van der Waals surface area contributed by atoms with E-state index in [2.05, 4.69) is 10.6 Å². The van der Waals surface area contributed by atoms with Crippen LogP contribution in [0, 0.1) is 6.92 Å². The minimum Gasteiger partial charge on any atom is -0.464 e. The summed E-state index contributed by atoms with van der Waals surface area (Å²) in [6.07, 6.45) is 2.28. The first-order valence-electron chi connectivity index (χ1n) is 8.01. The van der Waals surface area contributed by atoms with Gasteiger partial charge in [0.15, 0.2) is 0 Å². The second-order valence-electron chi connectivity index (χ2n) is 5.92. The lowest BCUT2D eigenvalue weighted by molar-refractivity contribution is 0.452. The van der Waals surface area contributed by atoms with Gasteiger partial charge in [-0.25, -0.2) is 0 Å². The zero-order valence-corrected chi connectivity index (χ0v) is 14.3. The summed E-state index contributed by atoms with van der Waals surface area (Å²) in [5, 5.41) is 5.85. The Balaban J connectivity index is 1.90. The van der Waals surface area contributed by atoms with E-state index >= 15 is 0 Å². The molecule has 1 aromatic carbocycles. The van der Waals surface area contributed by atoms with Gasteiger partial charge >= 0.3 is 0 Å². The number of hydrogen-bond donors (Lipinski definition) is 2. The van der Waals surface area contributed by atoms with Gasteiger partial charge in [-0.2, -0.15) is 0 Å². The van der Waals surface area contributed by atoms with Gasteiger partial charge in [0.25, 0.3) is 16.4 Å². The number of furan rings is 1. The smallest absolute Gasteiger partial charge is 0.273 e. The normalized spacial score (nSPS) is 12.3. The van der Waals surface area contributed by atoms with E-state index in [4.69, 9.17) is 4.42 Å². The summed E-state index contributed by atoms with van der Waals surface area (Å²) in [5.74, 6) is 1.46. The standard InChI is InChI=1S/C18H19N3O4/c1-4-11(13-8-7-10(2)25-13)19-14-15(17(23)16(14)22)20-12-6-5-9-21(3)18(12)24/h5-9,11,19-20H,4H2,1-3H3/t11-/m1/s1. The van der Waals surface area contributed by atoms with Gasteiger partial charge in [-0.3, -0.25) is 14.4 Å². The minimum absolute atomic E-state index is 0.107. The van der Waals surface area contributed by atoms with Crippen molar-refractivity contribution in [2.24, 2.45) is 7.05 Å². The fourth-order valence-electron chi connectivity index (χ4n) is 2.67. The lowest BCUT2D eigenvalue weighted by atomic mass is 10.1. The number of aromatic nitrogens is 1. The van der Waals surface area contributed by atoms with E-state index in [0.29, 0.717) is 12.2 Å². The van der Waals surface area contributed by atoms with Gasteiger partial charge in [-0.1, -0.05) is 6.92 Å². The van der Waals surface area contributed by atoms with Crippen molar-refractivity contribution in [2.45, 2.75) is 26.3 Å². The highest BCUT2D eigenvalue weighted by molar-refractivity contribution is 5.78. The highest BCUT2D eigenvalue weighted by Crippen LogP contribution is 2.27.